The number of benzene rings is 2. The minimum atomic E-state index is 0.557. The molecule has 0 aliphatic carbocycles. The van der Waals surface area contributed by atoms with Crippen LogP contribution in [-0.2, 0) is 0 Å². The van der Waals surface area contributed by atoms with Crippen molar-refractivity contribution < 1.29 is 0 Å². The van der Waals surface area contributed by atoms with Crippen LogP contribution in [-0.4, -0.2) is 13.4 Å². The van der Waals surface area contributed by atoms with E-state index in [1.807, 2.05) is 0 Å². The maximum absolute atomic E-state index is 2.26. The summed E-state index contributed by atoms with van der Waals surface area (Å²) in [5, 5.41) is 0. The Bertz CT molecular complexity index is 481. The topological polar surface area (TPSA) is 0 Å². The van der Waals surface area contributed by atoms with Crippen molar-refractivity contribution in [3.05, 3.63) is 48.5 Å². The van der Waals surface area contributed by atoms with E-state index in [1.165, 1.54) is 22.1 Å². The molecule has 0 saturated heterocycles. The fraction of sp³-hybridized carbons (Fsp3) is 0.250. The van der Waals surface area contributed by atoms with Gasteiger partial charge >= 0.3 is 0 Å². The maximum Gasteiger partial charge on any atom is 0.170 e. The summed E-state index contributed by atoms with van der Waals surface area (Å²) in [6.45, 7) is 10.2. The molecule has 0 nitrogen and oxygen atoms in total. The van der Waals surface area contributed by atoms with Gasteiger partial charge in [-0.3, -0.25) is 0 Å². The molecule has 0 aromatic heterocycles. The lowest BCUT2D eigenvalue weighted by molar-refractivity contribution is 1.66. The van der Waals surface area contributed by atoms with Gasteiger partial charge in [0, 0.05) is 0 Å². The molecule has 0 amide bonds. The summed E-state index contributed by atoms with van der Waals surface area (Å²) >= 11 is 0. The zero-order chi connectivity index (χ0) is 13.1. The molecule has 0 aliphatic heterocycles. The zero-order valence-electron chi connectivity index (χ0n) is 11.8. The van der Waals surface area contributed by atoms with E-state index in [2.05, 4.69) is 75.8 Å². The SMILES string of the molecule is CB(C)c1ccccc1-c1ccccc1B(C)C. The molecular formula is C16H20B2. The van der Waals surface area contributed by atoms with E-state index >= 15 is 0 Å². The van der Waals surface area contributed by atoms with Crippen molar-refractivity contribution >= 4 is 24.4 Å². The van der Waals surface area contributed by atoms with Gasteiger partial charge in [-0.15, -0.1) is 0 Å². The summed E-state index contributed by atoms with van der Waals surface area (Å²) in [7, 11) is 0. The second kappa shape index (κ2) is 5.48. The van der Waals surface area contributed by atoms with E-state index in [-0.39, 0.29) is 0 Å². The summed E-state index contributed by atoms with van der Waals surface area (Å²) in [4.78, 5) is 0. The van der Waals surface area contributed by atoms with Crippen LogP contribution in [0.15, 0.2) is 48.5 Å². The highest BCUT2D eigenvalue weighted by Gasteiger charge is 2.14. The maximum atomic E-state index is 2.26. The van der Waals surface area contributed by atoms with Crippen molar-refractivity contribution in [3.8, 4) is 11.1 Å². The van der Waals surface area contributed by atoms with Gasteiger partial charge in [-0.2, -0.15) is 0 Å². The molecule has 0 fully saturated rings. The molecule has 18 heavy (non-hydrogen) atoms. The molecule has 2 rings (SSSR count). The van der Waals surface area contributed by atoms with Crippen LogP contribution in [0.1, 0.15) is 0 Å². The summed E-state index contributed by atoms with van der Waals surface area (Å²) in [6, 6.07) is 17.5. The van der Waals surface area contributed by atoms with Crippen LogP contribution in [0.4, 0.5) is 0 Å². The molecule has 2 heteroatoms. The quantitative estimate of drug-likeness (QED) is 0.714. The Morgan fingerprint density at radius 2 is 0.889 bits per heavy atom. The Kier molecular flexibility index (Phi) is 3.96. The normalized spacial score (nSPS) is 10.2. The van der Waals surface area contributed by atoms with E-state index in [9.17, 15) is 0 Å². The van der Waals surface area contributed by atoms with Gasteiger partial charge in [0.05, 0.1) is 0 Å². The average molecular weight is 234 g/mol. The number of hydrogen-bond donors (Lipinski definition) is 0. The molecule has 2 aromatic carbocycles. The molecule has 90 valence electrons. The standard InChI is InChI=1S/C16H20B2/c1-17(2)15-11-7-5-9-13(15)14-10-6-8-12-16(14)18(3)4/h5-12H,1-4H3. The first-order chi connectivity index (χ1) is 8.61. The third-order valence-electron chi connectivity index (χ3n) is 3.46. The summed E-state index contributed by atoms with van der Waals surface area (Å²) in [5.41, 5.74) is 5.64. The van der Waals surface area contributed by atoms with E-state index in [4.69, 9.17) is 0 Å². The Hall–Kier alpha value is -1.43. The van der Waals surface area contributed by atoms with Crippen molar-refractivity contribution in [2.24, 2.45) is 0 Å². The number of hydrogen-bond acceptors (Lipinski definition) is 0. The van der Waals surface area contributed by atoms with Crippen LogP contribution in [0, 0.1) is 0 Å². The lowest BCUT2D eigenvalue weighted by atomic mass is 9.45. The monoisotopic (exact) mass is 234 g/mol. The molecule has 0 aliphatic rings. The highest BCUT2D eigenvalue weighted by molar-refractivity contribution is 6.74. The summed E-state index contributed by atoms with van der Waals surface area (Å²) < 4.78 is 0. The summed E-state index contributed by atoms with van der Waals surface area (Å²) in [6.07, 6.45) is 0. The molecule has 0 N–H and O–H groups in total. The van der Waals surface area contributed by atoms with E-state index < -0.39 is 0 Å². The molecule has 0 radical (unpaired) electrons. The van der Waals surface area contributed by atoms with Crippen molar-refractivity contribution in [1.82, 2.24) is 0 Å². The Morgan fingerprint density at radius 3 is 1.22 bits per heavy atom. The van der Waals surface area contributed by atoms with Gasteiger partial charge in [-0.05, 0) is 11.1 Å². The first-order valence-electron chi connectivity index (χ1n) is 6.79. The lowest BCUT2D eigenvalue weighted by Gasteiger charge is -2.16. The molecule has 0 bridgehead atoms. The van der Waals surface area contributed by atoms with E-state index in [1.54, 1.807) is 0 Å². The van der Waals surface area contributed by atoms with Gasteiger partial charge in [-0.25, -0.2) is 0 Å². The fourth-order valence-electron chi connectivity index (χ4n) is 2.49. The van der Waals surface area contributed by atoms with Crippen molar-refractivity contribution in [1.29, 1.82) is 0 Å². The predicted molar refractivity (Wildman–Crippen MR) is 86.1 cm³/mol. The zero-order valence-corrected chi connectivity index (χ0v) is 11.8. The molecule has 0 unspecified atom stereocenters. The van der Waals surface area contributed by atoms with E-state index in [0.717, 1.165) is 0 Å². The molecule has 2 aromatic rings. The Morgan fingerprint density at radius 1 is 0.556 bits per heavy atom. The van der Waals surface area contributed by atoms with Crippen molar-refractivity contribution in [3.63, 3.8) is 0 Å². The van der Waals surface area contributed by atoms with Gasteiger partial charge < -0.3 is 0 Å². The van der Waals surface area contributed by atoms with Gasteiger partial charge in [0.25, 0.3) is 0 Å². The predicted octanol–water partition coefficient (Wildman–Crippen LogP) is 3.28. The van der Waals surface area contributed by atoms with Crippen molar-refractivity contribution in [2.45, 2.75) is 27.3 Å². The molecule has 0 atom stereocenters. The minimum absolute atomic E-state index is 0.557. The first-order valence-corrected chi connectivity index (χ1v) is 6.79. The van der Waals surface area contributed by atoms with Crippen LogP contribution >= 0.6 is 0 Å². The summed E-state index contributed by atoms with van der Waals surface area (Å²) in [5.74, 6) is 0. The first kappa shape index (κ1) is 13.0. The molecule has 0 heterocycles. The van der Waals surface area contributed by atoms with Crippen LogP contribution in [0.2, 0.25) is 27.3 Å². The van der Waals surface area contributed by atoms with Crippen LogP contribution in [0.3, 0.4) is 0 Å². The second-order valence-corrected chi connectivity index (χ2v) is 5.48. The minimum Gasteiger partial charge on any atom is -0.0819 e. The second-order valence-electron chi connectivity index (χ2n) is 5.48. The fourth-order valence-corrected chi connectivity index (χ4v) is 2.49. The highest BCUT2D eigenvalue weighted by atomic mass is 14.1. The lowest BCUT2D eigenvalue weighted by Crippen LogP contribution is -2.30. The largest absolute Gasteiger partial charge is 0.170 e. The Balaban J connectivity index is 2.62. The average Bonchev–Trinajstić information content (AvgIpc) is 2.38. The Labute approximate surface area is 112 Å². The highest BCUT2D eigenvalue weighted by Crippen LogP contribution is 2.16. The van der Waals surface area contributed by atoms with Crippen molar-refractivity contribution in [2.75, 3.05) is 0 Å². The third kappa shape index (κ3) is 2.53. The number of rotatable bonds is 3. The molecular weight excluding hydrogens is 214 g/mol. The van der Waals surface area contributed by atoms with Crippen LogP contribution in [0.25, 0.3) is 11.1 Å². The van der Waals surface area contributed by atoms with Gasteiger partial charge in [0.1, 0.15) is 0 Å². The third-order valence-corrected chi connectivity index (χ3v) is 3.46. The van der Waals surface area contributed by atoms with E-state index in [0.29, 0.717) is 13.4 Å². The smallest absolute Gasteiger partial charge is 0.0819 e. The molecule has 0 saturated carbocycles. The van der Waals surface area contributed by atoms with Crippen LogP contribution in [0.5, 0.6) is 0 Å². The van der Waals surface area contributed by atoms with Gasteiger partial charge in [0.2, 0.25) is 0 Å². The van der Waals surface area contributed by atoms with Gasteiger partial charge in [-0.1, -0.05) is 86.7 Å². The molecule has 0 spiro atoms. The van der Waals surface area contributed by atoms with Gasteiger partial charge in [0.15, 0.2) is 13.4 Å². The van der Waals surface area contributed by atoms with Crippen LogP contribution < -0.4 is 10.9 Å².